The lowest BCUT2D eigenvalue weighted by Gasteiger charge is -2.11. The Bertz CT molecular complexity index is 421. The lowest BCUT2D eigenvalue weighted by Crippen LogP contribution is -2.21. The normalized spacial score (nSPS) is 16.0. The standard InChI is InChI=1S/C15H20N2O/c1-12(14-5-6-14)10-17-11-13-3-2-4-15(9-13)18-8-7-16/h2-4,9,12,14,17H,5-6,8,10-11H2,1H3. The Morgan fingerprint density at radius 2 is 2.33 bits per heavy atom. The summed E-state index contributed by atoms with van der Waals surface area (Å²) >= 11 is 0. The molecular formula is C15H20N2O. The van der Waals surface area contributed by atoms with Crippen LogP contribution in [0.2, 0.25) is 0 Å². The van der Waals surface area contributed by atoms with E-state index in [1.807, 2.05) is 24.3 Å². The van der Waals surface area contributed by atoms with Crippen LogP contribution in [0, 0.1) is 23.2 Å². The number of benzene rings is 1. The fourth-order valence-corrected chi connectivity index (χ4v) is 2.14. The zero-order chi connectivity index (χ0) is 12.8. The summed E-state index contributed by atoms with van der Waals surface area (Å²) in [6.07, 6.45) is 2.81. The summed E-state index contributed by atoms with van der Waals surface area (Å²) in [6, 6.07) is 9.89. The molecule has 0 heterocycles. The number of nitrogens with zero attached hydrogens (tertiary/aromatic N) is 1. The van der Waals surface area contributed by atoms with Gasteiger partial charge in [0.15, 0.2) is 6.61 Å². The summed E-state index contributed by atoms with van der Waals surface area (Å²) < 4.78 is 5.28. The van der Waals surface area contributed by atoms with E-state index >= 15 is 0 Å². The van der Waals surface area contributed by atoms with Gasteiger partial charge in [-0.3, -0.25) is 0 Å². The minimum Gasteiger partial charge on any atom is -0.479 e. The smallest absolute Gasteiger partial charge is 0.174 e. The minimum atomic E-state index is 0.107. The summed E-state index contributed by atoms with van der Waals surface area (Å²) in [5, 5.41) is 12.0. The van der Waals surface area contributed by atoms with Crippen molar-refractivity contribution in [1.82, 2.24) is 5.32 Å². The maximum atomic E-state index is 8.47. The van der Waals surface area contributed by atoms with Crippen molar-refractivity contribution in [3.8, 4) is 11.8 Å². The maximum Gasteiger partial charge on any atom is 0.174 e. The highest BCUT2D eigenvalue weighted by Crippen LogP contribution is 2.36. The molecule has 1 saturated carbocycles. The van der Waals surface area contributed by atoms with Gasteiger partial charge in [-0.05, 0) is 48.9 Å². The van der Waals surface area contributed by atoms with Gasteiger partial charge >= 0.3 is 0 Å². The molecule has 1 unspecified atom stereocenters. The van der Waals surface area contributed by atoms with Gasteiger partial charge in [-0.2, -0.15) is 5.26 Å². The summed E-state index contributed by atoms with van der Waals surface area (Å²) in [7, 11) is 0. The minimum absolute atomic E-state index is 0.107. The first-order valence-corrected chi connectivity index (χ1v) is 6.59. The molecule has 1 aromatic carbocycles. The van der Waals surface area contributed by atoms with Crippen LogP contribution in [0.3, 0.4) is 0 Å². The molecule has 1 fully saturated rings. The van der Waals surface area contributed by atoms with E-state index in [0.717, 1.165) is 30.7 Å². The Morgan fingerprint density at radius 1 is 1.50 bits per heavy atom. The van der Waals surface area contributed by atoms with Crippen LogP contribution in [0.4, 0.5) is 0 Å². The number of hydrogen-bond acceptors (Lipinski definition) is 3. The topological polar surface area (TPSA) is 45.0 Å². The molecule has 1 aromatic rings. The zero-order valence-corrected chi connectivity index (χ0v) is 10.9. The van der Waals surface area contributed by atoms with Crippen molar-refractivity contribution >= 4 is 0 Å². The van der Waals surface area contributed by atoms with Gasteiger partial charge in [0.2, 0.25) is 0 Å². The van der Waals surface area contributed by atoms with Crippen LogP contribution in [-0.4, -0.2) is 13.2 Å². The fraction of sp³-hybridized carbons (Fsp3) is 0.533. The molecule has 0 aliphatic heterocycles. The molecular weight excluding hydrogens is 224 g/mol. The molecule has 96 valence electrons. The third-order valence-corrected chi connectivity index (χ3v) is 3.42. The van der Waals surface area contributed by atoms with Crippen molar-refractivity contribution in [1.29, 1.82) is 5.26 Å². The van der Waals surface area contributed by atoms with Crippen molar-refractivity contribution < 1.29 is 4.74 Å². The molecule has 1 N–H and O–H groups in total. The summed E-state index contributed by atoms with van der Waals surface area (Å²) in [6.45, 7) is 4.36. The molecule has 0 aromatic heterocycles. The molecule has 1 aliphatic rings. The van der Waals surface area contributed by atoms with E-state index in [1.165, 1.54) is 18.4 Å². The van der Waals surface area contributed by atoms with Crippen LogP contribution in [0.5, 0.6) is 5.75 Å². The largest absolute Gasteiger partial charge is 0.479 e. The van der Waals surface area contributed by atoms with E-state index in [-0.39, 0.29) is 6.61 Å². The van der Waals surface area contributed by atoms with Crippen LogP contribution in [0.15, 0.2) is 24.3 Å². The Labute approximate surface area is 109 Å². The average Bonchev–Trinajstić information content (AvgIpc) is 3.21. The summed E-state index contributed by atoms with van der Waals surface area (Å²) in [5.74, 6) is 2.50. The predicted octanol–water partition coefficient (Wildman–Crippen LogP) is 2.72. The maximum absolute atomic E-state index is 8.47. The van der Waals surface area contributed by atoms with Gasteiger partial charge in [0.1, 0.15) is 11.8 Å². The van der Waals surface area contributed by atoms with Crippen molar-refractivity contribution in [3.63, 3.8) is 0 Å². The highest BCUT2D eigenvalue weighted by molar-refractivity contribution is 5.28. The van der Waals surface area contributed by atoms with Gasteiger partial charge in [0.25, 0.3) is 0 Å². The predicted molar refractivity (Wildman–Crippen MR) is 71.1 cm³/mol. The lowest BCUT2D eigenvalue weighted by molar-refractivity contribution is 0.367. The van der Waals surface area contributed by atoms with Gasteiger partial charge in [-0.1, -0.05) is 19.1 Å². The fourth-order valence-electron chi connectivity index (χ4n) is 2.14. The average molecular weight is 244 g/mol. The first-order chi connectivity index (χ1) is 8.79. The van der Waals surface area contributed by atoms with Crippen LogP contribution in [-0.2, 0) is 6.54 Å². The van der Waals surface area contributed by atoms with Crippen molar-refractivity contribution in [2.45, 2.75) is 26.3 Å². The highest BCUT2D eigenvalue weighted by Gasteiger charge is 2.27. The van der Waals surface area contributed by atoms with Gasteiger partial charge < -0.3 is 10.1 Å². The Kier molecular flexibility index (Phi) is 4.60. The van der Waals surface area contributed by atoms with E-state index in [4.69, 9.17) is 10.00 Å². The van der Waals surface area contributed by atoms with E-state index < -0.39 is 0 Å². The van der Waals surface area contributed by atoms with Crippen LogP contribution in [0.1, 0.15) is 25.3 Å². The molecule has 3 heteroatoms. The van der Waals surface area contributed by atoms with E-state index in [1.54, 1.807) is 0 Å². The summed E-state index contributed by atoms with van der Waals surface area (Å²) in [5.41, 5.74) is 1.20. The molecule has 2 rings (SSSR count). The monoisotopic (exact) mass is 244 g/mol. The molecule has 0 amide bonds. The molecule has 0 radical (unpaired) electrons. The Hall–Kier alpha value is -1.53. The number of nitriles is 1. The quantitative estimate of drug-likeness (QED) is 0.802. The number of rotatable bonds is 7. The van der Waals surface area contributed by atoms with Crippen LogP contribution >= 0.6 is 0 Å². The van der Waals surface area contributed by atoms with Gasteiger partial charge in [-0.15, -0.1) is 0 Å². The highest BCUT2D eigenvalue weighted by atomic mass is 16.5. The van der Waals surface area contributed by atoms with Crippen molar-refractivity contribution in [2.75, 3.05) is 13.2 Å². The third-order valence-electron chi connectivity index (χ3n) is 3.42. The van der Waals surface area contributed by atoms with Gasteiger partial charge in [0, 0.05) is 6.54 Å². The first kappa shape index (κ1) is 12.9. The molecule has 3 nitrogen and oxygen atoms in total. The van der Waals surface area contributed by atoms with Gasteiger partial charge in [-0.25, -0.2) is 0 Å². The number of nitrogens with one attached hydrogen (secondary N) is 1. The second-order valence-electron chi connectivity index (χ2n) is 5.04. The van der Waals surface area contributed by atoms with E-state index in [2.05, 4.69) is 18.3 Å². The SMILES string of the molecule is CC(CNCc1cccc(OCC#N)c1)C1CC1. The molecule has 18 heavy (non-hydrogen) atoms. The van der Waals surface area contributed by atoms with Crippen molar-refractivity contribution in [3.05, 3.63) is 29.8 Å². The van der Waals surface area contributed by atoms with Gasteiger partial charge in [0.05, 0.1) is 0 Å². The Balaban J connectivity index is 1.76. The zero-order valence-electron chi connectivity index (χ0n) is 10.9. The van der Waals surface area contributed by atoms with E-state index in [9.17, 15) is 0 Å². The molecule has 1 aliphatic carbocycles. The summed E-state index contributed by atoms with van der Waals surface area (Å²) in [4.78, 5) is 0. The molecule has 0 saturated heterocycles. The molecule has 1 atom stereocenters. The third kappa shape index (κ3) is 4.05. The lowest BCUT2D eigenvalue weighted by atomic mass is 10.1. The molecule has 0 spiro atoms. The molecule has 0 bridgehead atoms. The number of hydrogen-bond donors (Lipinski definition) is 1. The number of ether oxygens (including phenoxy) is 1. The second kappa shape index (κ2) is 6.42. The van der Waals surface area contributed by atoms with Crippen molar-refractivity contribution in [2.24, 2.45) is 11.8 Å². The Morgan fingerprint density at radius 3 is 3.06 bits per heavy atom. The second-order valence-corrected chi connectivity index (χ2v) is 5.04. The van der Waals surface area contributed by atoms with Crippen LogP contribution < -0.4 is 10.1 Å². The van der Waals surface area contributed by atoms with Crippen LogP contribution in [0.25, 0.3) is 0 Å². The first-order valence-electron chi connectivity index (χ1n) is 6.59. The van der Waals surface area contributed by atoms with E-state index in [0.29, 0.717) is 0 Å².